The van der Waals surface area contributed by atoms with Crippen LogP contribution in [0.5, 0.6) is 11.5 Å². The molecule has 4 rings (SSSR count). The minimum atomic E-state index is -0.390. The van der Waals surface area contributed by atoms with Crippen molar-refractivity contribution < 1.29 is 14.3 Å². The normalized spacial score (nSPS) is 30.4. The lowest BCUT2D eigenvalue weighted by Crippen LogP contribution is -2.46. The fraction of sp³-hybridized carbons (Fsp3) is 0.471. The molecule has 2 aliphatic heterocycles. The highest BCUT2D eigenvalue weighted by atomic mass is 16.5. The van der Waals surface area contributed by atoms with Gasteiger partial charge in [-0.1, -0.05) is 12.1 Å². The summed E-state index contributed by atoms with van der Waals surface area (Å²) in [5.74, 6) is 1.60. The molecule has 0 fully saturated rings. The SMILES string of the molecule is COc1ccc2c3c1O[C@H]1C(=O)C=CC[C@@]31CCN(C)C2. The van der Waals surface area contributed by atoms with Crippen LogP contribution in [0.4, 0.5) is 0 Å². The van der Waals surface area contributed by atoms with Crippen LogP contribution in [0.2, 0.25) is 0 Å². The molecule has 2 atom stereocenters. The Labute approximate surface area is 124 Å². The van der Waals surface area contributed by atoms with E-state index in [4.69, 9.17) is 9.47 Å². The monoisotopic (exact) mass is 285 g/mol. The van der Waals surface area contributed by atoms with Gasteiger partial charge >= 0.3 is 0 Å². The molecule has 1 aromatic carbocycles. The largest absolute Gasteiger partial charge is 0.493 e. The van der Waals surface area contributed by atoms with Crippen LogP contribution in [0.1, 0.15) is 24.0 Å². The maximum Gasteiger partial charge on any atom is 0.196 e. The van der Waals surface area contributed by atoms with Crippen molar-refractivity contribution in [2.75, 3.05) is 20.7 Å². The van der Waals surface area contributed by atoms with Gasteiger partial charge in [0.1, 0.15) is 0 Å². The molecule has 0 N–H and O–H groups in total. The molecule has 0 saturated carbocycles. The molecule has 0 radical (unpaired) electrons. The molecule has 4 nitrogen and oxygen atoms in total. The van der Waals surface area contributed by atoms with E-state index in [1.807, 2.05) is 12.1 Å². The number of ketones is 1. The van der Waals surface area contributed by atoms with E-state index < -0.39 is 0 Å². The van der Waals surface area contributed by atoms with Crippen molar-refractivity contribution in [1.29, 1.82) is 0 Å². The van der Waals surface area contributed by atoms with Gasteiger partial charge in [0, 0.05) is 17.5 Å². The second kappa shape index (κ2) is 4.34. The minimum Gasteiger partial charge on any atom is -0.493 e. The summed E-state index contributed by atoms with van der Waals surface area (Å²) in [6, 6.07) is 4.08. The van der Waals surface area contributed by atoms with Gasteiger partial charge in [0.25, 0.3) is 0 Å². The van der Waals surface area contributed by atoms with E-state index >= 15 is 0 Å². The first kappa shape index (κ1) is 12.9. The predicted molar refractivity (Wildman–Crippen MR) is 78.8 cm³/mol. The summed E-state index contributed by atoms with van der Waals surface area (Å²) in [7, 11) is 3.78. The molecule has 1 aliphatic carbocycles. The first-order chi connectivity index (χ1) is 10.2. The number of methoxy groups -OCH3 is 1. The smallest absolute Gasteiger partial charge is 0.196 e. The minimum absolute atomic E-state index is 0.0787. The van der Waals surface area contributed by atoms with Crippen LogP contribution in [0.15, 0.2) is 24.3 Å². The topological polar surface area (TPSA) is 38.8 Å². The number of carbonyl (C=O) groups excluding carboxylic acids is 1. The average molecular weight is 285 g/mol. The van der Waals surface area contributed by atoms with Crippen LogP contribution >= 0.6 is 0 Å². The highest BCUT2D eigenvalue weighted by molar-refractivity contribution is 5.97. The van der Waals surface area contributed by atoms with Gasteiger partial charge in [-0.15, -0.1) is 0 Å². The van der Waals surface area contributed by atoms with Crippen LogP contribution in [0.25, 0.3) is 0 Å². The van der Waals surface area contributed by atoms with Gasteiger partial charge in [0.05, 0.1) is 7.11 Å². The molecule has 1 spiro atoms. The highest BCUT2D eigenvalue weighted by Gasteiger charge is 2.55. The van der Waals surface area contributed by atoms with E-state index in [0.29, 0.717) is 0 Å². The Morgan fingerprint density at radius 3 is 3.10 bits per heavy atom. The summed E-state index contributed by atoms with van der Waals surface area (Å²) < 4.78 is 11.6. The molecule has 0 saturated heterocycles. The molecule has 0 aromatic heterocycles. The molecule has 21 heavy (non-hydrogen) atoms. The van der Waals surface area contributed by atoms with Crippen molar-refractivity contribution in [2.24, 2.45) is 0 Å². The molecule has 4 heteroatoms. The van der Waals surface area contributed by atoms with Crippen molar-refractivity contribution in [2.45, 2.75) is 30.9 Å². The predicted octanol–water partition coefficient (Wildman–Crippen LogP) is 2.06. The molecule has 1 aromatic rings. The van der Waals surface area contributed by atoms with Gasteiger partial charge in [0.2, 0.25) is 0 Å². The summed E-state index contributed by atoms with van der Waals surface area (Å²) in [6.45, 7) is 1.86. The van der Waals surface area contributed by atoms with Crippen LogP contribution in [-0.4, -0.2) is 37.5 Å². The summed E-state index contributed by atoms with van der Waals surface area (Å²) in [4.78, 5) is 14.7. The lowest BCUT2D eigenvalue weighted by molar-refractivity contribution is -0.123. The standard InChI is InChI=1S/C17H19NO3/c1-18-9-8-17-7-3-4-12(19)16(17)21-15-13(20-2)6-5-11(10-18)14(15)17/h3-6,16H,7-10H2,1-2H3/t16-,17+/m0/s1. The Kier molecular flexibility index (Phi) is 2.67. The average Bonchev–Trinajstić information content (AvgIpc) is 2.76. The van der Waals surface area contributed by atoms with E-state index in [2.05, 4.69) is 18.0 Å². The Morgan fingerprint density at radius 2 is 2.29 bits per heavy atom. The molecule has 0 amide bonds. The van der Waals surface area contributed by atoms with Crippen LogP contribution in [0, 0.1) is 0 Å². The van der Waals surface area contributed by atoms with Crippen molar-refractivity contribution in [3.05, 3.63) is 35.4 Å². The Bertz CT molecular complexity index is 652. The maximum absolute atomic E-state index is 12.4. The third-order valence-corrected chi connectivity index (χ3v) is 5.07. The maximum atomic E-state index is 12.4. The zero-order chi connectivity index (χ0) is 14.6. The number of nitrogens with zero attached hydrogens (tertiary/aromatic N) is 1. The number of carbonyl (C=O) groups is 1. The van der Waals surface area contributed by atoms with E-state index in [-0.39, 0.29) is 17.3 Å². The van der Waals surface area contributed by atoms with Gasteiger partial charge in [-0.05, 0) is 44.1 Å². The third kappa shape index (κ3) is 1.62. The lowest BCUT2D eigenvalue weighted by Gasteiger charge is -2.34. The number of benzene rings is 1. The number of hydrogen-bond acceptors (Lipinski definition) is 4. The van der Waals surface area contributed by atoms with Gasteiger partial charge in [-0.25, -0.2) is 0 Å². The van der Waals surface area contributed by atoms with E-state index in [1.54, 1.807) is 13.2 Å². The highest BCUT2D eigenvalue weighted by Crippen LogP contribution is 2.55. The molecule has 0 unspecified atom stereocenters. The van der Waals surface area contributed by atoms with Crippen LogP contribution in [-0.2, 0) is 16.8 Å². The van der Waals surface area contributed by atoms with Crippen LogP contribution < -0.4 is 9.47 Å². The Hall–Kier alpha value is -1.81. The zero-order valence-corrected chi connectivity index (χ0v) is 12.4. The summed E-state index contributed by atoms with van der Waals surface area (Å²) in [6.07, 6.45) is 5.09. The van der Waals surface area contributed by atoms with Gasteiger partial charge in [0.15, 0.2) is 23.4 Å². The summed E-state index contributed by atoms with van der Waals surface area (Å²) >= 11 is 0. The van der Waals surface area contributed by atoms with Gasteiger partial charge < -0.3 is 14.4 Å². The molecule has 0 bridgehead atoms. The number of hydrogen-bond donors (Lipinski definition) is 0. The van der Waals surface area contributed by atoms with Crippen molar-refractivity contribution in [1.82, 2.24) is 4.90 Å². The first-order valence-corrected chi connectivity index (χ1v) is 7.41. The van der Waals surface area contributed by atoms with Gasteiger partial charge in [-0.3, -0.25) is 4.79 Å². The first-order valence-electron chi connectivity index (χ1n) is 7.41. The van der Waals surface area contributed by atoms with E-state index in [0.717, 1.165) is 37.4 Å². The van der Waals surface area contributed by atoms with Crippen molar-refractivity contribution in [3.63, 3.8) is 0 Å². The number of ether oxygens (including phenoxy) is 2. The molecule has 110 valence electrons. The number of rotatable bonds is 1. The lowest BCUT2D eigenvalue weighted by atomic mass is 9.67. The van der Waals surface area contributed by atoms with Crippen molar-refractivity contribution >= 4 is 5.78 Å². The van der Waals surface area contributed by atoms with E-state index in [1.165, 1.54) is 11.1 Å². The molecule has 3 aliphatic rings. The van der Waals surface area contributed by atoms with Gasteiger partial charge in [-0.2, -0.15) is 0 Å². The summed E-state index contributed by atoms with van der Waals surface area (Å²) in [5.41, 5.74) is 2.25. The quantitative estimate of drug-likeness (QED) is 0.791. The van der Waals surface area contributed by atoms with E-state index in [9.17, 15) is 4.79 Å². The third-order valence-electron chi connectivity index (χ3n) is 5.07. The summed E-state index contributed by atoms with van der Waals surface area (Å²) in [5, 5.41) is 0. The second-order valence-electron chi connectivity index (χ2n) is 6.28. The Balaban J connectivity index is 1.98. The van der Waals surface area contributed by atoms with Crippen molar-refractivity contribution in [3.8, 4) is 11.5 Å². The molecular weight excluding hydrogens is 266 g/mol. The van der Waals surface area contributed by atoms with Crippen LogP contribution in [0.3, 0.4) is 0 Å². The Morgan fingerprint density at radius 1 is 1.43 bits per heavy atom. The number of allylic oxidation sites excluding steroid dienone is 1. The fourth-order valence-corrected chi connectivity index (χ4v) is 4.05. The fourth-order valence-electron chi connectivity index (χ4n) is 4.05. The zero-order valence-electron chi connectivity index (χ0n) is 12.4. The second-order valence-corrected chi connectivity index (χ2v) is 6.28. The molecular formula is C17H19NO3. The molecule has 2 heterocycles.